The minimum absolute atomic E-state index is 0.576. The largest absolute Gasteiger partial charge is 0.310 e. The SMILES string of the molecule is CCNC(c1csc(C)c1)C(C)C1CC1. The van der Waals surface area contributed by atoms with Gasteiger partial charge in [0.15, 0.2) is 0 Å². The highest BCUT2D eigenvalue weighted by Crippen LogP contribution is 2.43. The second kappa shape index (κ2) is 4.67. The zero-order chi connectivity index (χ0) is 10.8. The molecule has 2 unspecified atom stereocenters. The Morgan fingerprint density at radius 1 is 1.53 bits per heavy atom. The Bertz CT molecular complexity index is 314. The Kier molecular flexibility index (Phi) is 3.47. The average Bonchev–Trinajstić information content (AvgIpc) is 2.98. The van der Waals surface area contributed by atoms with Crippen molar-refractivity contribution in [3.63, 3.8) is 0 Å². The van der Waals surface area contributed by atoms with Crippen molar-refractivity contribution in [2.45, 2.75) is 39.7 Å². The minimum Gasteiger partial charge on any atom is -0.310 e. The molecule has 2 rings (SSSR count). The van der Waals surface area contributed by atoms with Gasteiger partial charge in [0.1, 0.15) is 0 Å². The number of rotatable bonds is 5. The molecule has 1 fully saturated rings. The van der Waals surface area contributed by atoms with E-state index in [1.807, 2.05) is 11.3 Å². The fourth-order valence-electron chi connectivity index (χ4n) is 2.35. The zero-order valence-electron chi connectivity index (χ0n) is 9.92. The lowest BCUT2D eigenvalue weighted by molar-refractivity contribution is 0.356. The van der Waals surface area contributed by atoms with Gasteiger partial charge in [0.05, 0.1) is 0 Å². The molecule has 15 heavy (non-hydrogen) atoms. The molecule has 0 saturated heterocycles. The topological polar surface area (TPSA) is 12.0 Å². The van der Waals surface area contributed by atoms with Crippen LogP contribution in [0.3, 0.4) is 0 Å². The molecule has 0 amide bonds. The molecule has 1 aliphatic carbocycles. The van der Waals surface area contributed by atoms with E-state index in [1.165, 1.54) is 23.3 Å². The molecule has 0 aliphatic heterocycles. The van der Waals surface area contributed by atoms with Crippen LogP contribution in [-0.2, 0) is 0 Å². The molecule has 0 bridgehead atoms. The molecule has 1 aromatic rings. The Balaban J connectivity index is 2.10. The monoisotopic (exact) mass is 223 g/mol. The van der Waals surface area contributed by atoms with Gasteiger partial charge in [0.2, 0.25) is 0 Å². The first-order chi connectivity index (χ1) is 7.22. The lowest BCUT2D eigenvalue weighted by Crippen LogP contribution is -2.27. The maximum Gasteiger partial charge on any atom is 0.0356 e. The van der Waals surface area contributed by atoms with E-state index in [2.05, 4.69) is 37.5 Å². The van der Waals surface area contributed by atoms with Crippen LogP contribution in [0.5, 0.6) is 0 Å². The second-order valence-electron chi connectivity index (χ2n) is 4.72. The van der Waals surface area contributed by atoms with Gasteiger partial charge >= 0.3 is 0 Å². The molecule has 0 radical (unpaired) electrons. The summed E-state index contributed by atoms with van der Waals surface area (Å²) in [5.41, 5.74) is 1.50. The van der Waals surface area contributed by atoms with Crippen LogP contribution in [0, 0.1) is 18.8 Å². The van der Waals surface area contributed by atoms with Crippen molar-refractivity contribution in [2.24, 2.45) is 11.8 Å². The molecule has 1 aliphatic rings. The summed E-state index contributed by atoms with van der Waals surface area (Å²) in [6.07, 6.45) is 2.87. The summed E-state index contributed by atoms with van der Waals surface area (Å²) in [6, 6.07) is 2.92. The highest BCUT2D eigenvalue weighted by molar-refractivity contribution is 7.10. The summed E-state index contributed by atoms with van der Waals surface area (Å²) in [5, 5.41) is 5.96. The Morgan fingerprint density at radius 2 is 2.27 bits per heavy atom. The second-order valence-corrected chi connectivity index (χ2v) is 5.84. The van der Waals surface area contributed by atoms with Gasteiger partial charge in [-0.05, 0) is 55.2 Å². The summed E-state index contributed by atoms with van der Waals surface area (Å²) in [6.45, 7) is 7.86. The third-order valence-corrected chi connectivity index (χ3v) is 4.30. The Hall–Kier alpha value is -0.340. The standard InChI is InChI=1S/C13H21NS/c1-4-14-13(10(3)11-5-6-11)12-7-9(2)15-8-12/h7-8,10-11,13-14H,4-6H2,1-3H3. The van der Waals surface area contributed by atoms with E-state index in [-0.39, 0.29) is 0 Å². The van der Waals surface area contributed by atoms with E-state index >= 15 is 0 Å². The van der Waals surface area contributed by atoms with Gasteiger partial charge in [-0.25, -0.2) is 0 Å². The number of thiophene rings is 1. The third kappa shape index (κ3) is 2.61. The lowest BCUT2D eigenvalue weighted by Gasteiger charge is -2.24. The maximum atomic E-state index is 3.64. The minimum atomic E-state index is 0.576. The molecule has 1 nitrogen and oxygen atoms in total. The van der Waals surface area contributed by atoms with Gasteiger partial charge in [-0.2, -0.15) is 0 Å². The van der Waals surface area contributed by atoms with E-state index in [0.29, 0.717) is 6.04 Å². The van der Waals surface area contributed by atoms with Gasteiger partial charge in [-0.3, -0.25) is 0 Å². The fraction of sp³-hybridized carbons (Fsp3) is 0.692. The normalized spacial score (nSPS) is 20.2. The van der Waals surface area contributed by atoms with E-state index < -0.39 is 0 Å². The van der Waals surface area contributed by atoms with Crippen molar-refractivity contribution >= 4 is 11.3 Å². The van der Waals surface area contributed by atoms with Crippen molar-refractivity contribution in [1.82, 2.24) is 5.32 Å². The van der Waals surface area contributed by atoms with Crippen LogP contribution in [0.15, 0.2) is 11.4 Å². The van der Waals surface area contributed by atoms with Crippen molar-refractivity contribution in [3.05, 3.63) is 21.9 Å². The van der Waals surface area contributed by atoms with E-state index in [0.717, 1.165) is 18.4 Å². The summed E-state index contributed by atoms with van der Waals surface area (Å²) >= 11 is 1.87. The van der Waals surface area contributed by atoms with Gasteiger partial charge in [0, 0.05) is 10.9 Å². The maximum absolute atomic E-state index is 3.64. The lowest BCUT2D eigenvalue weighted by atomic mass is 9.92. The van der Waals surface area contributed by atoms with Crippen LogP contribution in [0.25, 0.3) is 0 Å². The molecule has 0 aromatic carbocycles. The van der Waals surface area contributed by atoms with Crippen LogP contribution in [0.1, 0.15) is 43.2 Å². The summed E-state index contributed by atoms with van der Waals surface area (Å²) < 4.78 is 0. The highest BCUT2D eigenvalue weighted by Gasteiger charge is 2.33. The van der Waals surface area contributed by atoms with Crippen LogP contribution in [-0.4, -0.2) is 6.54 Å². The van der Waals surface area contributed by atoms with E-state index in [9.17, 15) is 0 Å². The predicted octanol–water partition coefficient (Wildman–Crippen LogP) is 3.75. The number of nitrogens with one attached hydrogen (secondary N) is 1. The number of hydrogen-bond acceptors (Lipinski definition) is 2. The first kappa shape index (κ1) is 11.2. The third-order valence-electron chi connectivity index (χ3n) is 3.43. The van der Waals surface area contributed by atoms with Crippen LogP contribution in [0.4, 0.5) is 0 Å². The van der Waals surface area contributed by atoms with Gasteiger partial charge in [-0.1, -0.05) is 13.8 Å². The molecule has 1 saturated carbocycles. The molecule has 1 N–H and O–H groups in total. The molecular weight excluding hydrogens is 202 g/mol. The molecule has 1 aromatic heterocycles. The average molecular weight is 223 g/mol. The van der Waals surface area contributed by atoms with Crippen molar-refractivity contribution in [2.75, 3.05) is 6.54 Å². The van der Waals surface area contributed by atoms with Crippen molar-refractivity contribution in [1.29, 1.82) is 0 Å². The predicted molar refractivity (Wildman–Crippen MR) is 67.4 cm³/mol. The van der Waals surface area contributed by atoms with E-state index in [4.69, 9.17) is 0 Å². The van der Waals surface area contributed by atoms with Crippen molar-refractivity contribution in [3.8, 4) is 0 Å². The molecular formula is C13H21NS. The van der Waals surface area contributed by atoms with Crippen LogP contribution < -0.4 is 5.32 Å². The number of aryl methyl sites for hydroxylation is 1. The molecule has 2 heteroatoms. The Morgan fingerprint density at radius 3 is 2.73 bits per heavy atom. The molecule has 84 valence electrons. The summed E-state index contributed by atoms with van der Waals surface area (Å²) in [4.78, 5) is 1.43. The van der Waals surface area contributed by atoms with Gasteiger partial charge in [0.25, 0.3) is 0 Å². The van der Waals surface area contributed by atoms with Gasteiger partial charge < -0.3 is 5.32 Å². The van der Waals surface area contributed by atoms with Crippen LogP contribution in [0.2, 0.25) is 0 Å². The van der Waals surface area contributed by atoms with Crippen molar-refractivity contribution < 1.29 is 0 Å². The quantitative estimate of drug-likeness (QED) is 0.801. The fourth-order valence-corrected chi connectivity index (χ4v) is 3.09. The summed E-state index contributed by atoms with van der Waals surface area (Å²) in [7, 11) is 0. The first-order valence-electron chi connectivity index (χ1n) is 6.00. The Labute approximate surface area is 96.9 Å². The summed E-state index contributed by atoms with van der Waals surface area (Å²) in [5.74, 6) is 1.76. The smallest absolute Gasteiger partial charge is 0.0356 e. The number of hydrogen-bond donors (Lipinski definition) is 1. The zero-order valence-corrected chi connectivity index (χ0v) is 10.7. The van der Waals surface area contributed by atoms with Crippen LogP contribution >= 0.6 is 11.3 Å². The molecule has 0 spiro atoms. The highest BCUT2D eigenvalue weighted by atomic mass is 32.1. The van der Waals surface area contributed by atoms with E-state index in [1.54, 1.807) is 0 Å². The molecule has 2 atom stereocenters. The first-order valence-corrected chi connectivity index (χ1v) is 6.88. The molecule has 1 heterocycles. The van der Waals surface area contributed by atoms with Gasteiger partial charge in [-0.15, -0.1) is 11.3 Å².